The lowest BCUT2D eigenvalue weighted by atomic mass is 9.93. The Bertz CT molecular complexity index is 864. The van der Waals surface area contributed by atoms with Crippen LogP contribution in [0.1, 0.15) is 24.0 Å². The van der Waals surface area contributed by atoms with Crippen molar-refractivity contribution in [3.8, 4) is 16.9 Å². The van der Waals surface area contributed by atoms with Crippen LogP contribution in [0.2, 0.25) is 0 Å². The molecule has 4 heteroatoms. The van der Waals surface area contributed by atoms with E-state index in [1.54, 1.807) is 6.20 Å². The first-order valence-corrected chi connectivity index (χ1v) is 8.70. The van der Waals surface area contributed by atoms with Gasteiger partial charge in [-0.05, 0) is 37.1 Å². The highest BCUT2D eigenvalue weighted by atomic mass is 16.5. The molecule has 126 valence electrons. The van der Waals surface area contributed by atoms with Gasteiger partial charge in [-0.1, -0.05) is 24.3 Å². The molecule has 0 amide bonds. The van der Waals surface area contributed by atoms with E-state index in [0.717, 1.165) is 35.7 Å². The Kier molecular flexibility index (Phi) is 4.34. The molecule has 25 heavy (non-hydrogen) atoms. The third kappa shape index (κ3) is 3.20. The third-order valence-corrected chi connectivity index (χ3v) is 4.61. The summed E-state index contributed by atoms with van der Waals surface area (Å²) in [6.45, 7) is 3.61. The van der Waals surface area contributed by atoms with Gasteiger partial charge in [0, 0.05) is 47.7 Å². The number of para-hydroxylation sites is 1. The van der Waals surface area contributed by atoms with Crippen LogP contribution >= 0.6 is 0 Å². The van der Waals surface area contributed by atoms with E-state index < -0.39 is 0 Å². The lowest BCUT2D eigenvalue weighted by Crippen LogP contribution is -2.07. The van der Waals surface area contributed by atoms with Crippen LogP contribution in [0.25, 0.3) is 11.1 Å². The molecule has 1 aliphatic rings. The van der Waals surface area contributed by atoms with Gasteiger partial charge in [-0.25, -0.2) is 4.98 Å². The van der Waals surface area contributed by atoms with Crippen molar-refractivity contribution < 1.29 is 4.74 Å². The molecular formula is C21H21N3O. The average Bonchev–Trinajstić information content (AvgIpc) is 3.06. The first kappa shape index (κ1) is 15.6. The standard InChI is InChI=1S/C21H21N3O/c1-2-25-20-8-4-3-6-15(20)10-18-14-24-21-19(18)11-17(13-23-21)16-7-5-9-22-12-16/h3-9,11-13,18H,2,10,14H2,1H3,(H,23,24). The normalized spacial score (nSPS) is 15.5. The van der Waals surface area contributed by atoms with Gasteiger partial charge >= 0.3 is 0 Å². The molecule has 4 rings (SSSR count). The molecule has 1 aliphatic heterocycles. The van der Waals surface area contributed by atoms with E-state index in [1.807, 2.05) is 37.5 Å². The second-order valence-corrected chi connectivity index (χ2v) is 6.23. The minimum atomic E-state index is 0.390. The molecule has 0 spiro atoms. The van der Waals surface area contributed by atoms with E-state index in [4.69, 9.17) is 4.74 Å². The molecule has 0 aliphatic carbocycles. The molecule has 1 N–H and O–H groups in total. The summed E-state index contributed by atoms with van der Waals surface area (Å²) in [4.78, 5) is 8.83. The molecule has 3 aromatic rings. The van der Waals surface area contributed by atoms with Gasteiger partial charge in [-0.3, -0.25) is 4.98 Å². The Labute approximate surface area is 147 Å². The first-order valence-electron chi connectivity index (χ1n) is 8.70. The van der Waals surface area contributed by atoms with Gasteiger partial charge < -0.3 is 10.1 Å². The van der Waals surface area contributed by atoms with Crippen molar-refractivity contribution in [2.75, 3.05) is 18.5 Å². The number of anilines is 1. The number of rotatable bonds is 5. The van der Waals surface area contributed by atoms with E-state index in [2.05, 4.69) is 39.6 Å². The van der Waals surface area contributed by atoms with E-state index in [1.165, 1.54) is 11.1 Å². The third-order valence-electron chi connectivity index (χ3n) is 4.61. The SMILES string of the molecule is CCOc1ccccc1CC1CNc2ncc(-c3cccnc3)cc21. The summed E-state index contributed by atoms with van der Waals surface area (Å²) >= 11 is 0. The van der Waals surface area contributed by atoms with Crippen LogP contribution in [0.3, 0.4) is 0 Å². The smallest absolute Gasteiger partial charge is 0.129 e. The summed E-state index contributed by atoms with van der Waals surface area (Å²) in [6.07, 6.45) is 6.53. The van der Waals surface area contributed by atoms with Crippen LogP contribution in [0.5, 0.6) is 5.75 Å². The number of nitrogens with one attached hydrogen (secondary N) is 1. The zero-order valence-corrected chi connectivity index (χ0v) is 14.3. The van der Waals surface area contributed by atoms with Gasteiger partial charge in [0.25, 0.3) is 0 Å². The average molecular weight is 331 g/mol. The molecule has 0 fully saturated rings. The summed E-state index contributed by atoms with van der Waals surface area (Å²) < 4.78 is 5.78. The van der Waals surface area contributed by atoms with Gasteiger partial charge in [0.15, 0.2) is 0 Å². The summed E-state index contributed by atoms with van der Waals surface area (Å²) in [5, 5.41) is 3.43. The number of benzene rings is 1. The number of aromatic nitrogens is 2. The summed E-state index contributed by atoms with van der Waals surface area (Å²) in [5.74, 6) is 2.36. The molecule has 0 bridgehead atoms. The molecular weight excluding hydrogens is 310 g/mol. The molecule has 1 aromatic carbocycles. The van der Waals surface area contributed by atoms with Crippen LogP contribution in [0, 0.1) is 0 Å². The van der Waals surface area contributed by atoms with Crippen LogP contribution in [0.4, 0.5) is 5.82 Å². The van der Waals surface area contributed by atoms with Crippen LogP contribution in [-0.2, 0) is 6.42 Å². The second-order valence-electron chi connectivity index (χ2n) is 6.23. The topological polar surface area (TPSA) is 47.0 Å². The molecule has 0 saturated heterocycles. The maximum atomic E-state index is 5.78. The number of pyridine rings is 2. The van der Waals surface area contributed by atoms with Gasteiger partial charge in [-0.15, -0.1) is 0 Å². The Hall–Kier alpha value is -2.88. The van der Waals surface area contributed by atoms with Crippen molar-refractivity contribution in [3.63, 3.8) is 0 Å². The van der Waals surface area contributed by atoms with Gasteiger partial charge in [0.2, 0.25) is 0 Å². The summed E-state index contributed by atoms with van der Waals surface area (Å²) in [7, 11) is 0. The highest BCUT2D eigenvalue weighted by Crippen LogP contribution is 2.36. The monoisotopic (exact) mass is 331 g/mol. The molecule has 2 aromatic heterocycles. The van der Waals surface area contributed by atoms with E-state index in [0.29, 0.717) is 12.5 Å². The minimum Gasteiger partial charge on any atom is -0.494 e. The lowest BCUT2D eigenvalue weighted by Gasteiger charge is -2.14. The number of hydrogen-bond acceptors (Lipinski definition) is 4. The molecule has 1 unspecified atom stereocenters. The van der Waals surface area contributed by atoms with E-state index >= 15 is 0 Å². The van der Waals surface area contributed by atoms with E-state index in [-0.39, 0.29) is 0 Å². The highest BCUT2D eigenvalue weighted by Gasteiger charge is 2.25. The predicted octanol–water partition coefficient (Wildman–Crippen LogP) is 4.29. The number of hydrogen-bond donors (Lipinski definition) is 1. The Balaban J connectivity index is 1.63. The summed E-state index contributed by atoms with van der Waals surface area (Å²) in [6, 6.07) is 14.6. The van der Waals surface area contributed by atoms with Crippen LogP contribution in [-0.4, -0.2) is 23.1 Å². The largest absolute Gasteiger partial charge is 0.494 e. The van der Waals surface area contributed by atoms with Crippen LogP contribution in [0.15, 0.2) is 61.1 Å². The zero-order chi connectivity index (χ0) is 17.1. The second kappa shape index (κ2) is 6.93. The Morgan fingerprint density at radius 1 is 1.12 bits per heavy atom. The summed E-state index contributed by atoms with van der Waals surface area (Å²) in [5.41, 5.74) is 4.72. The van der Waals surface area contributed by atoms with Crippen molar-refractivity contribution in [2.45, 2.75) is 19.3 Å². The van der Waals surface area contributed by atoms with Crippen molar-refractivity contribution in [1.29, 1.82) is 0 Å². The number of ether oxygens (including phenoxy) is 1. The molecule has 3 heterocycles. The number of nitrogens with zero attached hydrogens (tertiary/aromatic N) is 2. The van der Waals surface area contributed by atoms with E-state index in [9.17, 15) is 0 Å². The fourth-order valence-electron chi connectivity index (χ4n) is 3.38. The van der Waals surface area contributed by atoms with Crippen LogP contribution < -0.4 is 10.1 Å². The molecule has 0 radical (unpaired) electrons. The van der Waals surface area contributed by atoms with Gasteiger partial charge in [0.1, 0.15) is 11.6 Å². The van der Waals surface area contributed by atoms with Crippen molar-refractivity contribution in [3.05, 3.63) is 72.2 Å². The number of fused-ring (bicyclic) bond motifs is 1. The lowest BCUT2D eigenvalue weighted by molar-refractivity contribution is 0.336. The fourth-order valence-corrected chi connectivity index (χ4v) is 3.38. The zero-order valence-electron chi connectivity index (χ0n) is 14.3. The fraction of sp³-hybridized carbons (Fsp3) is 0.238. The molecule has 4 nitrogen and oxygen atoms in total. The quantitative estimate of drug-likeness (QED) is 0.757. The predicted molar refractivity (Wildman–Crippen MR) is 100 cm³/mol. The minimum absolute atomic E-state index is 0.390. The highest BCUT2D eigenvalue weighted by molar-refractivity contribution is 5.67. The molecule has 1 atom stereocenters. The first-order chi connectivity index (χ1) is 12.3. The van der Waals surface area contributed by atoms with Gasteiger partial charge in [-0.2, -0.15) is 0 Å². The Morgan fingerprint density at radius 2 is 2.04 bits per heavy atom. The maximum Gasteiger partial charge on any atom is 0.129 e. The van der Waals surface area contributed by atoms with Crippen molar-refractivity contribution in [1.82, 2.24) is 9.97 Å². The maximum absolute atomic E-state index is 5.78. The van der Waals surface area contributed by atoms with Crippen molar-refractivity contribution in [2.24, 2.45) is 0 Å². The van der Waals surface area contributed by atoms with Crippen molar-refractivity contribution >= 4 is 5.82 Å². The Morgan fingerprint density at radius 3 is 2.88 bits per heavy atom. The molecule has 0 saturated carbocycles. The van der Waals surface area contributed by atoms with Gasteiger partial charge in [0.05, 0.1) is 6.61 Å².